The van der Waals surface area contributed by atoms with E-state index in [9.17, 15) is 9.59 Å². The van der Waals surface area contributed by atoms with Crippen LogP contribution in [0.25, 0.3) is 10.9 Å². The number of nitrogens with zero attached hydrogens (tertiary/aromatic N) is 3. The number of nitrogens with two attached hydrogens (primary N) is 1. The smallest absolute Gasteiger partial charge is 0.255 e. The number of aromatic nitrogens is 2. The van der Waals surface area contributed by atoms with Crippen LogP contribution in [0.4, 0.5) is 11.4 Å². The Balaban J connectivity index is 1.32. The maximum Gasteiger partial charge on any atom is 0.255 e. The lowest BCUT2D eigenvalue weighted by Gasteiger charge is -2.22. The van der Waals surface area contributed by atoms with Gasteiger partial charge in [0, 0.05) is 46.9 Å². The van der Waals surface area contributed by atoms with Crippen molar-refractivity contribution in [3.8, 4) is 0 Å². The molecule has 172 valence electrons. The summed E-state index contributed by atoms with van der Waals surface area (Å²) in [6.07, 6.45) is 7.22. The predicted octanol–water partition coefficient (Wildman–Crippen LogP) is 4.58. The summed E-state index contributed by atoms with van der Waals surface area (Å²) in [5.41, 5.74) is 9.69. The summed E-state index contributed by atoms with van der Waals surface area (Å²) < 4.78 is 0. The molecule has 3 N–H and O–H groups in total. The van der Waals surface area contributed by atoms with Gasteiger partial charge in [0.25, 0.3) is 5.91 Å². The zero-order valence-corrected chi connectivity index (χ0v) is 19.1. The molecule has 3 heterocycles. The molecule has 7 nitrogen and oxygen atoms in total. The Hall–Kier alpha value is -4.65. The topological polar surface area (TPSA) is 110 Å². The molecule has 2 aromatic heterocycles. The van der Waals surface area contributed by atoms with Gasteiger partial charge in [-0.25, -0.2) is 0 Å². The normalized spacial score (nSPS) is 16.5. The molecule has 7 heteroatoms. The number of nitrogens with one attached hydrogen (secondary N) is 1. The number of hydrogen-bond donors (Lipinski definition) is 2. The fraction of sp³-hybridized carbons (Fsp3) is 0.107. The van der Waals surface area contributed by atoms with E-state index in [1.165, 1.54) is 0 Å². The number of rotatable bonds is 6. The molecular formula is C28H23N5O2. The first kappa shape index (κ1) is 22.2. The molecule has 0 radical (unpaired) electrons. The minimum atomic E-state index is -1.02. The quantitative estimate of drug-likeness (QED) is 0.409. The number of aliphatic imine (C=N–C) groups is 1. The Bertz CT molecular complexity index is 1480. The van der Waals surface area contributed by atoms with Crippen LogP contribution < -0.4 is 11.1 Å². The second kappa shape index (κ2) is 8.95. The van der Waals surface area contributed by atoms with Gasteiger partial charge in [-0.3, -0.25) is 24.5 Å². The molecule has 0 spiro atoms. The second-order valence-corrected chi connectivity index (χ2v) is 8.52. The van der Waals surface area contributed by atoms with Gasteiger partial charge >= 0.3 is 0 Å². The number of anilines is 2. The van der Waals surface area contributed by atoms with Crippen LogP contribution in [0.2, 0.25) is 0 Å². The number of nitrogen functional groups attached to an aromatic ring is 1. The molecule has 0 bridgehead atoms. The average molecular weight is 462 g/mol. The monoisotopic (exact) mass is 461 g/mol. The Labute approximate surface area is 202 Å². The van der Waals surface area contributed by atoms with E-state index in [1.807, 2.05) is 37.3 Å². The van der Waals surface area contributed by atoms with Crippen molar-refractivity contribution in [3.05, 3.63) is 108 Å². The largest absolute Gasteiger partial charge is 0.398 e. The van der Waals surface area contributed by atoms with Crippen LogP contribution in [0.5, 0.6) is 0 Å². The van der Waals surface area contributed by atoms with Gasteiger partial charge in [0.05, 0.1) is 5.52 Å². The highest BCUT2D eigenvalue weighted by Crippen LogP contribution is 2.28. The van der Waals surface area contributed by atoms with Crippen molar-refractivity contribution in [2.24, 2.45) is 4.99 Å². The SMILES string of the molecule is Cc1cc(N)c2cc(C(=O)Nc3ccc(CC4(C(=O)c5ccccn5)C=CC=N4)cc3)ccc2n1. The first-order chi connectivity index (χ1) is 16.9. The van der Waals surface area contributed by atoms with Crippen LogP contribution in [0.3, 0.4) is 0 Å². The lowest BCUT2D eigenvalue weighted by Crippen LogP contribution is -2.36. The molecule has 35 heavy (non-hydrogen) atoms. The molecule has 1 aliphatic rings. The molecule has 0 aliphatic carbocycles. The van der Waals surface area contributed by atoms with Gasteiger partial charge in [-0.05, 0) is 73.2 Å². The summed E-state index contributed by atoms with van der Waals surface area (Å²) in [5, 5.41) is 3.65. The Morgan fingerprint density at radius 3 is 2.57 bits per heavy atom. The average Bonchev–Trinajstić information content (AvgIpc) is 3.34. The van der Waals surface area contributed by atoms with Crippen LogP contribution in [0.15, 0.2) is 90.1 Å². The number of allylic oxidation sites excluding steroid dienone is 1. The molecule has 1 amide bonds. The third kappa shape index (κ3) is 4.44. The summed E-state index contributed by atoms with van der Waals surface area (Å²) in [7, 11) is 0. The van der Waals surface area contributed by atoms with E-state index in [0.29, 0.717) is 29.1 Å². The summed E-state index contributed by atoms with van der Waals surface area (Å²) in [4.78, 5) is 39.2. The first-order valence-electron chi connectivity index (χ1n) is 11.2. The summed E-state index contributed by atoms with van der Waals surface area (Å²) in [6, 6.07) is 19.7. The summed E-state index contributed by atoms with van der Waals surface area (Å²) in [5.74, 6) is -0.398. The molecule has 5 rings (SSSR count). The molecule has 0 fully saturated rings. The molecule has 0 saturated carbocycles. The standard InChI is InChI=1S/C28H23N5O2/c1-18-15-23(29)22-16-20(8-11-24(22)32-18)27(35)33-21-9-6-19(7-10-21)17-28(12-4-14-31-28)26(34)25-5-2-3-13-30-25/h2-16H,17H2,1H3,(H2,29,32)(H,33,35). The van der Waals surface area contributed by atoms with Crippen molar-refractivity contribution < 1.29 is 9.59 Å². The molecule has 2 aromatic carbocycles. The molecule has 1 aliphatic heterocycles. The molecular weight excluding hydrogens is 438 g/mol. The maximum absolute atomic E-state index is 13.2. The van der Waals surface area contributed by atoms with Crippen molar-refractivity contribution in [2.75, 3.05) is 11.1 Å². The van der Waals surface area contributed by atoms with Crippen LogP contribution in [-0.4, -0.2) is 33.4 Å². The van der Waals surface area contributed by atoms with E-state index in [1.54, 1.807) is 61.0 Å². The van der Waals surface area contributed by atoms with Crippen molar-refractivity contribution >= 4 is 40.2 Å². The number of Topliss-reactive ketones (excluding diaryl/α,β-unsaturated/α-hetero) is 1. The lowest BCUT2D eigenvalue weighted by atomic mass is 9.86. The Kier molecular flexibility index (Phi) is 5.66. The number of carbonyl (C=O) groups excluding carboxylic acids is 2. The Morgan fingerprint density at radius 1 is 1.03 bits per heavy atom. The molecule has 1 atom stereocenters. The van der Waals surface area contributed by atoms with E-state index in [0.717, 1.165) is 22.2 Å². The second-order valence-electron chi connectivity index (χ2n) is 8.52. The van der Waals surface area contributed by atoms with E-state index in [4.69, 9.17) is 5.73 Å². The fourth-order valence-electron chi connectivity index (χ4n) is 4.21. The van der Waals surface area contributed by atoms with Gasteiger partial charge in [0.1, 0.15) is 11.2 Å². The number of aryl methyl sites for hydroxylation is 1. The zero-order valence-electron chi connectivity index (χ0n) is 19.1. The number of hydrogen-bond acceptors (Lipinski definition) is 6. The van der Waals surface area contributed by atoms with Gasteiger partial charge < -0.3 is 11.1 Å². The zero-order chi connectivity index (χ0) is 24.4. The number of carbonyl (C=O) groups is 2. The van der Waals surface area contributed by atoms with Crippen molar-refractivity contribution in [3.63, 3.8) is 0 Å². The third-order valence-corrected chi connectivity index (χ3v) is 5.97. The molecule has 4 aromatic rings. The molecule has 0 saturated heterocycles. The van der Waals surface area contributed by atoms with E-state index >= 15 is 0 Å². The van der Waals surface area contributed by atoms with E-state index in [-0.39, 0.29) is 11.7 Å². The third-order valence-electron chi connectivity index (χ3n) is 5.97. The van der Waals surface area contributed by atoms with E-state index in [2.05, 4.69) is 20.3 Å². The highest BCUT2D eigenvalue weighted by molar-refractivity contribution is 6.08. The number of amides is 1. The maximum atomic E-state index is 13.2. The minimum absolute atomic E-state index is 0.152. The van der Waals surface area contributed by atoms with Gasteiger partial charge in [-0.1, -0.05) is 18.2 Å². The number of fused-ring (bicyclic) bond motifs is 1. The molecule has 1 unspecified atom stereocenters. The van der Waals surface area contributed by atoms with Gasteiger partial charge in [0.2, 0.25) is 5.78 Å². The van der Waals surface area contributed by atoms with Crippen LogP contribution in [-0.2, 0) is 6.42 Å². The fourth-order valence-corrected chi connectivity index (χ4v) is 4.21. The van der Waals surface area contributed by atoms with Gasteiger partial charge in [-0.2, -0.15) is 0 Å². The first-order valence-corrected chi connectivity index (χ1v) is 11.2. The number of ketones is 1. The number of benzene rings is 2. The summed E-state index contributed by atoms with van der Waals surface area (Å²) in [6.45, 7) is 1.88. The highest BCUT2D eigenvalue weighted by Gasteiger charge is 2.38. The summed E-state index contributed by atoms with van der Waals surface area (Å²) >= 11 is 0. The van der Waals surface area contributed by atoms with Gasteiger partial charge in [0.15, 0.2) is 0 Å². The van der Waals surface area contributed by atoms with Crippen LogP contribution in [0.1, 0.15) is 32.1 Å². The van der Waals surface area contributed by atoms with Crippen molar-refractivity contribution in [1.29, 1.82) is 0 Å². The highest BCUT2D eigenvalue weighted by atomic mass is 16.1. The van der Waals surface area contributed by atoms with Crippen LogP contribution >= 0.6 is 0 Å². The predicted molar refractivity (Wildman–Crippen MR) is 138 cm³/mol. The van der Waals surface area contributed by atoms with Crippen molar-refractivity contribution in [2.45, 2.75) is 18.9 Å². The van der Waals surface area contributed by atoms with Crippen molar-refractivity contribution in [1.82, 2.24) is 9.97 Å². The lowest BCUT2D eigenvalue weighted by molar-refractivity contribution is 0.0918. The van der Waals surface area contributed by atoms with E-state index < -0.39 is 5.54 Å². The van der Waals surface area contributed by atoms with Gasteiger partial charge in [-0.15, -0.1) is 0 Å². The van der Waals surface area contributed by atoms with Crippen LogP contribution in [0, 0.1) is 6.92 Å². The Morgan fingerprint density at radius 2 is 1.86 bits per heavy atom. The minimum Gasteiger partial charge on any atom is -0.398 e. The number of pyridine rings is 2.